The Labute approximate surface area is 111 Å². The monoisotopic (exact) mass is 244 g/mol. The van der Waals surface area contributed by atoms with E-state index in [1.807, 2.05) is 14.1 Å². The van der Waals surface area contributed by atoms with Crippen LogP contribution in [0.3, 0.4) is 0 Å². The fourth-order valence-corrected chi connectivity index (χ4v) is 2.06. The van der Waals surface area contributed by atoms with Gasteiger partial charge in [-0.05, 0) is 43.1 Å². The van der Waals surface area contributed by atoms with Gasteiger partial charge in [0.1, 0.15) is 0 Å². The van der Waals surface area contributed by atoms with Crippen molar-refractivity contribution in [2.75, 3.05) is 20.6 Å². The van der Waals surface area contributed by atoms with Crippen molar-refractivity contribution in [2.24, 2.45) is 0 Å². The van der Waals surface area contributed by atoms with E-state index in [1.54, 1.807) is 0 Å². The van der Waals surface area contributed by atoms with E-state index in [4.69, 9.17) is 0 Å². The van der Waals surface area contributed by atoms with Gasteiger partial charge in [0.05, 0.1) is 12.0 Å². The lowest BCUT2D eigenvalue weighted by Gasteiger charge is -2.23. The van der Waals surface area contributed by atoms with Crippen molar-refractivity contribution in [3.05, 3.63) is 34.9 Å². The number of rotatable bonds is 3. The molecule has 18 heavy (non-hydrogen) atoms. The molecule has 0 saturated carbocycles. The van der Waals surface area contributed by atoms with Gasteiger partial charge in [0.25, 0.3) is 0 Å². The summed E-state index contributed by atoms with van der Waals surface area (Å²) in [4.78, 5) is 2.07. The highest BCUT2D eigenvalue weighted by atomic mass is 15.1. The predicted octanol–water partition coefficient (Wildman–Crippen LogP) is 3.46. The first-order chi connectivity index (χ1) is 8.25. The second-order valence-electron chi connectivity index (χ2n) is 6.27. The quantitative estimate of drug-likeness (QED) is 0.814. The molecule has 0 radical (unpaired) electrons. The zero-order valence-corrected chi connectivity index (χ0v) is 12.4. The molecule has 1 aromatic carbocycles. The summed E-state index contributed by atoms with van der Waals surface area (Å²) in [5.41, 5.74) is 3.79. The van der Waals surface area contributed by atoms with Crippen molar-refractivity contribution in [3.63, 3.8) is 0 Å². The first-order valence-corrected chi connectivity index (χ1v) is 6.41. The number of nitrogens with zero attached hydrogens (tertiary/aromatic N) is 2. The van der Waals surface area contributed by atoms with Crippen molar-refractivity contribution >= 4 is 0 Å². The summed E-state index contributed by atoms with van der Waals surface area (Å²) in [7, 11) is 4.01. The minimum absolute atomic E-state index is 0.0534. The van der Waals surface area contributed by atoms with Gasteiger partial charge in [-0.3, -0.25) is 0 Å². The first kappa shape index (κ1) is 14.7. The molecule has 0 saturated heterocycles. The molecular weight excluding hydrogens is 220 g/mol. The molecule has 2 nitrogen and oxygen atoms in total. The lowest BCUT2D eigenvalue weighted by molar-refractivity contribution is 0.397. The van der Waals surface area contributed by atoms with E-state index in [2.05, 4.69) is 56.9 Å². The molecule has 0 aromatic heterocycles. The highest BCUT2D eigenvalue weighted by molar-refractivity contribution is 5.39. The van der Waals surface area contributed by atoms with Crippen LogP contribution in [0.15, 0.2) is 18.2 Å². The van der Waals surface area contributed by atoms with E-state index in [-0.39, 0.29) is 11.3 Å². The van der Waals surface area contributed by atoms with Crippen LogP contribution >= 0.6 is 0 Å². The van der Waals surface area contributed by atoms with E-state index in [0.29, 0.717) is 0 Å². The van der Waals surface area contributed by atoms with Gasteiger partial charge in [-0.2, -0.15) is 5.26 Å². The minimum atomic E-state index is -0.0534. The molecule has 0 N–H and O–H groups in total. The Bertz CT molecular complexity index is 447. The Kier molecular flexibility index (Phi) is 4.53. The largest absolute Gasteiger partial charge is 0.308 e. The summed E-state index contributed by atoms with van der Waals surface area (Å²) in [5.74, 6) is -0.0534. The van der Waals surface area contributed by atoms with Gasteiger partial charge in [-0.1, -0.05) is 39.0 Å². The van der Waals surface area contributed by atoms with Gasteiger partial charge < -0.3 is 4.90 Å². The van der Waals surface area contributed by atoms with Crippen molar-refractivity contribution in [1.29, 1.82) is 5.26 Å². The second kappa shape index (κ2) is 5.54. The standard InChI is InChI=1S/C16H24N2/c1-12-7-8-14(16(2,3)4)9-15(12)13(10-17)11-18(5)6/h7-9,13H,11H2,1-6H3. The molecule has 0 fully saturated rings. The second-order valence-corrected chi connectivity index (χ2v) is 6.27. The Morgan fingerprint density at radius 1 is 1.28 bits per heavy atom. The SMILES string of the molecule is Cc1ccc(C(C)(C)C)cc1C(C#N)CN(C)C. The van der Waals surface area contributed by atoms with E-state index in [9.17, 15) is 5.26 Å². The molecule has 1 aromatic rings. The normalized spacial score (nSPS) is 13.4. The molecule has 0 aliphatic heterocycles. The molecule has 98 valence electrons. The molecule has 1 atom stereocenters. The molecule has 0 spiro atoms. The minimum Gasteiger partial charge on any atom is -0.308 e. The number of hydrogen-bond acceptors (Lipinski definition) is 2. The summed E-state index contributed by atoms with van der Waals surface area (Å²) >= 11 is 0. The highest BCUT2D eigenvalue weighted by Crippen LogP contribution is 2.28. The lowest BCUT2D eigenvalue weighted by atomic mass is 9.83. The molecular formula is C16H24N2. The molecule has 1 unspecified atom stereocenters. The van der Waals surface area contributed by atoms with Crippen molar-refractivity contribution in [1.82, 2.24) is 4.90 Å². The molecule has 0 aliphatic rings. The Morgan fingerprint density at radius 3 is 2.33 bits per heavy atom. The van der Waals surface area contributed by atoms with Crippen LogP contribution in [0.5, 0.6) is 0 Å². The summed E-state index contributed by atoms with van der Waals surface area (Å²) in [5, 5.41) is 9.37. The fourth-order valence-electron chi connectivity index (χ4n) is 2.06. The Balaban J connectivity index is 3.18. The van der Waals surface area contributed by atoms with Gasteiger partial charge in [-0.15, -0.1) is 0 Å². The van der Waals surface area contributed by atoms with Crippen LogP contribution in [0.1, 0.15) is 43.4 Å². The third kappa shape index (κ3) is 3.58. The van der Waals surface area contributed by atoms with E-state index >= 15 is 0 Å². The number of likely N-dealkylation sites (N-methyl/N-ethyl adjacent to an activating group) is 1. The zero-order chi connectivity index (χ0) is 13.9. The lowest BCUT2D eigenvalue weighted by Crippen LogP contribution is -2.21. The Morgan fingerprint density at radius 2 is 1.89 bits per heavy atom. The predicted molar refractivity (Wildman–Crippen MR) is 76.8 cm³/mol. The maximum atomic E-state index is 9.37. The van der Waals surface area contributed by atoms with Crippen molar-refractivity contribution in [2.45, 2.75) is 39.0 Å². The van der Waals surface area contributed by atoms with Gasteiger partial charge in [0.15, 0.2) is 0 Å². The van der Waals surface area contributed by atoms with Gasteiger partial charge >= 0.3 is 0 Å². The van der Waals surface area contributed by atoms with Crippen LogP contribution in [0.2, 0.25) is 0 Å². The van der Waals surface area contributed by atoms with Crippen LogP contribution in [0.25, 0.3) is 0 Å². The van der Waals surface area contributed by atoms with Gasteiger partial charge in [0.2, 0.25) is 0 Å². The average Bonchev–Trinajstić information content (AvgIpc) is 2.25. The summed E-state index contributed by atoms with van der Waals surface area (Å²) in [6.07, 6.45) is 0. The van der Waals surface area contributed by atoms with Gasteiger partial charge in [-0.25, -0.2) is 0 Å². The summed E-state index contributed by atoms with van der Waals surface area (Å²) in [6.45, 7) is 9.46. The van der Waals surface area contributed by atoms with Crippen LogP contribution in [-0.2, 0) is 5.41 Å². The Hall–Kier alpha value is -1.33. The van der Waals surface area contributed by atoms with Crippen LogP contribution in [0, 0.1) is 18.3 Å². The van der Waals surface area contributed by atoms with Crippen molar-refractivity contribution in [3.8, 4) is 6.07 Å². The zero-order valence-electron chi connectivity index (χ0n) is 12.4. The maximum Gasteiger partial charge on any atom is 0.0842 e. The molecule has 0 aliphatic carbocycles. The number of nitriles is 1. The molecule has 0 amide bonds. The van der Waals surface area contributed by atoms with E-state index in [1.165, 1.54) is 16.7 Å². The van der Waals surface area contributed by atoms with E-state index < -0.39 is 0 Å². The topological polar surface area (TPSA) is 27.0 Å². The number of aryl methyl sites for hydroxylation is 1. The first-order valence-electron chi connectivity index (χ1n) is 6.41. The van der Waals surface area contributed by atoms with Crippen LogP contribution in [0.4, 0.5) is 0 Å². The third-order valence-electron chi connectivity index (χ3n) is 3.22. The molecule has 1 rings (SSSR count). The van der Waals surface area contributed by atoms with Crippen molar-refractivity contribution < 1.29 is 0 Å². The smallest absolute Gasteiger partial charge is 0.0842 e. The summed E-state index contributed by atoms with van der Waals surface area (Å²) < 4.78 is 0. The third-order valence-corrected chi connectivity index (χ3v) is 3.22. The summed E-state index contributed by atoms with van der Waals surface area (Å²) in [6, 6.07) is 8.93. The maximum absolute atomic E-state index is 9.37. The van der Waals surface area contributed by atoms with Gasteiger partial charge in [0, 0.05) is 6.54 Å². The highest BCUT2D eigenvalue weighted by Gasteiger charge is 2.19. The molecule has 2 heteroatoms. The van der Waals surface area contributed by atoms with E-state index in [0.717, 1.165) is 6.54 Å². The molecule has 0 bridgehead atoms. The average molecular weight is 244 g/mol. The van der Waals surface area contributed by atoms with Crippen LogP contribution in [-0.4, -0.2) is 25.5 Å². The van der Waals surface area contributed by atoms with Crippen LogP contribution < -0.4 is 0 Å². The fraction of sp³-hybridized carbons (Fsp3) is 0.562. The molecule has 0 heterocycles. The number of benzene rings is 1. The number of hydrogen-bond donors (Lipinski definition) is 0.